The second-order valence-electron chi connectivity index (χ2n) is 4.18. The van der Waals surface area contributed by atoms with Crippen LogP contribution in [0.3, 0.4) is 0 Å². The molecule has 0 radical (unpaired) electrons. The van der Waals surface area contributed by atoms with Crippen LogP contribution < -0.4 is 0 Å². The summed E-state index contributed by atoms with van der Waals surface area (Å²) in [7, 11) is 2.08. The van der Waals surface area contributed by atoms with E-state index in [4.69, 9.17) is 0 Å². The molecule has 0 unspecified atom stereocenters. The zero-order valence-corrected chi connectivity index (χ0v) is 10.4. The summed E-state index contributed by atoms with van der Waals surface area (Å²) in [6, 6.07) is 3.82. The van der Waals surface area contributed by atoms with Crippen molar-refractivity contribution in [2.75, 3.05) is 20.1 Å². The van der Waals surface area contributed by atoms with Crippen LogP contribution in [0.25, 0.3) is 0 Å². The number of piperidine rings is 1. The molecule has 0 aliphatic carbocycles. The molecule has 1 saturated heterocycles. The van der Waals surface area contributed by atoms with E-state index in [2.05, 4.69) is 32.9 Å². The normalized spacial score (nSPS) is 21.5. The summed E-state index contributed by atoms with van der Waals surface area (Å²) in [5.74, 6) is 0. The van der Waals surface area contributed by atoms with Crippen LogP contribution in [-0.2, 0) is 5.60 Å². The third-order valence-corrected chi connectivity index (χ3v) is 3.71. The number of likely N-dealkylation sites (tertiary alicyclic amines) is 1. The molecule has 0 atom stereocenters. The van der Waals surface area contributed by atoms with E-state index in [0.717, 1.165) is 36.1 Å². The van der Waals surface area contributed by atoms with Crippen LogP contribution in [0.2, 0.25) is 0 Å². The Bertz CT molecular complexity index is 348. The maximum absolute atomic E-state index is 10.5. The number of aromatic nitrogens is 1. The van der Waals surface area contributed by atoms with Gasteiger partial charge in [-0.1, -0.05) is 6.07 Å². The molecule has 15 heavy (non-hydrogen) atoms. The lowest BCUT2D eigenvalue weighted by Crippen LogP contribution is -2.41. The number of halogens is 1. The number of pyridine rings is 1. The van der Waals surface area contributed by atoms with Gasteiger partial charge >= 0.3 is 0 Å². The molecule has 0 saturated carbocycles. The van der Waals surface area contributed by atoms with Crippen molar-refractivity contribution >= 4 is 15.9 Å². The molecule has 0 aromatic carbocycles. The third-order valence-electron chi connectivity index (χ3n) is 3.07. The number of nitrogens with zero attached hydrogens (tertiary/aromatic N) is 2. The molecular formula is C11H15BrN2O. The fourth-order valence-electron chi connectivity index (χ4n) is 1.99. The fourth-order valence-corrected chi connectivity index (χ4v) is 2.61. The molecule has 82 valence electrons. The van der Waals surface area contributed by atoms with Crippen molar-refractivity contribution in [3.8, 4) is 0 Å². The van der Waals surface area contributed by atoms with Crippen LogP contribution in [0.15, 0.2) is 22.9 Å². The zero-order chi connectivity index (χ0) is 10.9. The van der Waals surface area contributed by atoms with Crippen LogP contribution >= 0.6 is 15.9 Å². The number of rotatable bonds is 1. The van der Waals surface area contributed by atoms with Crippen molar-refractivity contribution in [2.24, 2.45) is 0 Å². The highest BCUT2D eigenvalue weighted by Gasteiger charge is 2.34. The Kier molecular flexibility index (Phi) is 3.09. The van der Waals surface area contributed by atoms with Gasteiger partial charge in [-0.25, -0.2) is 4.98 Å². The van der Waals surface area contributed by atoms with E-state index in [1.165, 1.54) is 0 Å². The van der Waals surface area contributed by atoms with E-state index in [1.807, 2.05) is 12.1 Å². The third kappa shape index (κ3) is 2.22. The van der Waals surface area contributed by atoms with Gasteiger partial charge in [0, 0.05) is 24.8 Å². The molecule has 1 fully saturated rings. The molecule has 0 bridgehead atoms. The first-order valence-electron chi connectivity index (χ1n) is 5.14. The van der Waals surface area contributed by atoms with E-state index in [0.29, 0.717) is 0 Å². The van der Waals surface area contributed by atoms with Gasteiger partial charge in [0.05, 0.1) is 5.60 Å². The second-order valence-corrected chi connectivity index (χ2v) is 4.93. The number of hydrogen-bond donors (Lipinski definition) is 1. The number of aliphatic hydroxyl groups is 1. The van der Waals surface area contributed by atoms with Gasteiger partial charge in [0.15, 0.2) is 0 Å². The van der Waals surface area contributed by atoms with E-state index < -0.39 is 5.60 Å². The van der Waals surface area contributed by atoms with E-state index in [1.54, 1.807) is 6.20 Å². The van der Waals surface area contributed by atoms with Gasteiger partial charge in [0.2, 0.25) is 0 Å². The van der Waals surface area contributed by atoms with E-state index in [-0.39, 0.29) is 0 Å². The predicted octanol–water partition coefficient (Wildman–Crippen LogP) is 1.76. The van der Waals surface area contributed by atoms with Gasteiger partial charge in [-0.15, -0.1) is 0 Å². The quantitative estimate of drug-likeness (QED) is 0.791. The van der Waals surface area contributed by atoms with Crippen LogP contribution in [0.5, 0.6) is 0 Å². The average molecular weight is 271 g/mol. The van der Waals surface area contributed by atoms with Gasteiger partial charge < -0.3 is 10.0 Å². The Morgan fingerprint density at radius 3 is 2.73 bits per heavy atom. The van der Waals surface area contributed by atoms with Crippen LogP contribution in [0.1, 0.15) is 18.4 Å². The molecule has 2 rings (SSSR count). The maximum atomic E-state index is 10.5. The molecule has 1 aromatic rings. The van der Waals surface area contributed by atoms with Crippen molar-refractivity contribution in [2.45, 2.75) is 18.4 Å². The SMILES string of the molecule is CN1CCC(O)(c2cccnc2Br)CC1. The minimum atomic E-state index is -0.709. The van der Waals surface area contributed by atoms with E-state index >= 15 is 0 Å². The van der Waals surface area contributed by atoms with Crippen LogP contribution in [-0.4, -0.2) is 35.1 Å². The summed E-state index contributed by atoms with van der Waals surface area (Å²) >= 11 is 3.40. The molecule has 0 amide bonds. The van der Waals surface area contributed by atoms with Gasteiger partial charge in [0.1, 0.15) is 4.60 Å². The average Bonchev–Trinajstić information content (AvgIpc) is 2.23. The smallest absolute Gasteiger partial charge is 0.112 e. The highest BCUT2D eigenvalue weighted by Crippen LogP contribution is 2.35. The molecule has 3 nitrogen and oxygen atoms in total. The lowest BCUT2D eigenvalue weighted by atomic mass is 9.85. The Labute approximate surface area is 98.3 Å². The predicted molar refractivity (Wildman–Crippen MR) is 62.6 cm³/mol. The van der Waals surface area contributed by atoms with Gasteiger partial charge in [-0.3, -0.25) is 0 Å². The molecule has 1 N–H and O–H groups in total. The van der Waals surface area contributed by atoms with Crippen molar-refractivity contribution in [1.29, 1.82) is 0 Å². The standard InChI is InChI=1S/C11H15BrN2O/c1-14-7-4-11(15,5-8-14)9-3-2-6-13-10(9)12/h2-3,6,15H,4-5,7-8H2,1H3. The second kappa shape index (κ2) is 4.20. The van der Waals surface area contributed by atoms with Crippen molar-refractivity contribution in [3.05, 3.63) is 28.5 Å². The Balaban J connectivity index is 2.26. The lowest BCUT2D eigenvalue weighted by Gasteiger charge is -2.37. The zero-order valence-electron chi connectivity index (χ0n) is 8.78. The summed E-state index contributed by atoms with van der Waals surface area (Å²) in [5, 5.41) is 10.5. The Morgan fingerprint density at radius 1 is 1.47 bits per heavy atom. The topological polar surface area (TPSA) is 36.4 Å². The maximum Gasteiger partial charge on any atom is 0.112 e. The molecule has 1 aliphatic heterocycles. The Hall–Kier alpha value is -0.450. The summed E-state index contributed by atoms with van der Waals surface area (Å²) < 4.78 is 0.761. The van der Waals surface area contributed by atoms with Crippen molar-refractivity contribution in [3.63, 3.8) is 0 Å². The minimum absolute atomic E-state index is 0.709. The monoisotopic (exact) mass is 270 g/mol. The molecule has 1 aromatic heterocycles. The summed E-state index contributed by atoms with van der Waals surface area (Å²) in [6.45, 7) is 1.86. The number of hydrogen-bond acceptors (Lipinski definition) is 3. The molecular weight excluding hydrogens is 256 g/mol. The first kappa shape index (κ1) is 11.0. The molecule has 1 aliphatic rings. The van der Waals surface area contributed by atoms with Crippen molar-refractivity contribution in [1.82, 2.24) is 9.88 Å². The fraction of sp³-hybridized carbons (Fsp3) is 0.545. The summed E-state index contributed by atoms with van der Waals surface area (Å²) in [5.41, 5.74) is 0.206. The largest absolute Gasteiger partial charge is 0.385 e. The van der Waals surface area contributed by atoms with Crippen LogP contribution in [0.4, 0.5) is 0 Å². The lowest BCUT2D eigenvalue weighted by molar-refractivity contribution is -0.0212. The van der Waals surface area contributed by atoms with Gasteiger partial charge in [-0.05, 0) is 41.9 Å². The first-order chi connectivity index (χ1) is 7.12. The van der Waals surface area contributed by atoms with E-state index in [9.17, 15) is 5.11 Å². The van der Waals surface area contributed by atoms with Crippen molar-refractivity contribution < 1.29 is 5.11 Å². The van der Waals surface area contributed by atoms with Gasteiger partial charge in [-0.2, -0.15) is 0 Å². The van der Waals surface area contributed by atoms with Crippen LogP contribution in [0, 0.1) is 0 Å². The highest BCUT2D eigenvalue weighted by molar-refractivity contribution is 9.10. The Morgan fingerprint density at radius 2 is 2.13 bits per heavy atom. The molecule has 4 heteroatoms. The molecule has 2 heterocycles. The minimum Gasteiger partial charge on any atom is -0.385 e. The van der Waals surface area contributed by atoms with Gasteiger partial charge in [0.25, 0.3) is 0 Å². The summed E-state index contributed by atoms with van der Waals surface area (Å²) in [6.07, 6.45) is 3.27. The highest BCUT2D eigenvalue weighted by atomic mass is 79.9. The molecule has 0 spiro atoms. The first-order valence-corrected chi connectivity index (χ1v) is 5.93. The summed E-state index contributed by atoms with van der Waals surface area (Å²) in [4.78, 5) is 6.40.